The van der Waals surface area contributed by atoms with Crippen molar-refractivity contribution < 1.29 is 9.53 Å². The average Bonchev–Trinajstić information content (AvgIpc) is 2.95. The first kappa shape index (κ1) is 16.4. The molecular formula is C19H23N3O2. The number of aryl methyl sites for hydroxylation is 1. The highest BCUT2D eigenvalue weighted by Gasteiger charge is 2.26. The summed E-state index contributed by atoms with van der Waals surface area (Å²) in [5, 5.41) is 13.1. The maximum Gasteiger partial charge on any atom is 0.407 e. The molecule has 1 aliphatic carbocycles. The Kier molecular flexibility index (Phi) is 5.05. The van der Waals surface area contributed by atoms with Gasteiger partial charge in [0.15, 0.2) is 0 Å². The number of carbonyl (C=O) groups excluding carboxylic acids is 1. The molecule has 0 fully saturated rings. The summed E-state index contributed by atoms with van der Waals surface area (Å²) >= 11 is 0. The van der Waals surface area contributed by atoms with E-state index in [1.165, 1.54) is 10.9 Å². The Hall–Kier alpha value is -2.48. The number of rotatable bonds is 5. The summed E-state index contributed by atoms with van der Waals surface area (Å²) in [4.78, 5) is 15.4. The molecule has 1 aromatic heterocycles. The fourth-order valence-corrected chi connectivity index (χ4v) is 3.35. The molecule has 2 N–H and O–H groups in total. The summed E-state index contributed by atoms with van der Waals surface area (Å²) < 4.78 is 5.23. The Bertz CT molecular complexity index is 773. The predicted molar refractivity (Wildman–Crippen MR) is 92.7 cm³/mol. The molecule has 2 aromatic rings. The van der Waals surface area contributed by atoms with E-state index in [2.05, 4.69) is 29.4 Å². The SMILES string of the molecule is CCCCOC(=O)NC1CCCc2c1[nH]c1ccc(CC#N)cc21. The van der Waals surface area contributed by atoms with Crippen LogP contribution in [0.1, 0.15) is 55.5 Å². The number of benzene rings is 1. The van der Waals surface area contributed by atoms with Crippen molar-refractivity contribution in [1.82, 2.24) is 10.3 Å². The van der Waals surface area contributed by atoms with Crippen LogP contribution in [0.25, 0.3) is 10.9 Å². The second-order valence-electron chi connectivity index (χ2n) is 6.31. The first-order chi connectivity index (χ1) is 11.7. The molecule has 5 nitrogen and oxygen atoms in total. The van der Waals surface area contributed by atoms with Gasteiger partial charge in [-0.1, -0.05) is 19.4 Å². The van der Waals surface area contributed by atoms with Crippen LogP contribution in [-0.4, -0.2) is 17.7 Å². The summed E-state index contributed by atoms with van der Waals surface area (Å²) in [6.07, 6.45) is 4.90. The minimum Gasteiger partial charge on any atom is -0.450 e. The minimum absolute atomic E-state index is 0.0327. The fourth-order valence-electron chi connectivity index (χ4n) is 3.35. The van der Waals surface area contributed by atoms with Gasteiger partial charge in [-0.3, -0.25) is 0 Å². The summed E-state index contributed by atoms with van der Waals surface area (Å²) in [5.41, 5.74) is 4.43. The minimum atomic E-state index is -0.342. The highest BCUT2D eigenvalue weighted by molar-refractivity contribution is 5.86. The number of carbonyl (C=O) groups is 1. The molecular weight excluding hydrogens is 302 g/mol. The van der Waals surface area contributed by atoms with E-state index in [1.54, 1.807) is 0 Å². The Morgan fingerprint density at radius 1 is 1.50 bits per heavy atom. The normalized spacial score (nSPS) is 16.4. The van der Waals surface area contributed by atoms with Crippen LogP contribution in [0.5, 0.6) is 0 Å². The van der Waals surface area contributed by atoms with Crippen LogP contribution >= 0.6 is 0 Å². The highest BCUT2D eigenvalue weighted by Crippen LogP contribution is 2.35. The lowest BCUT2D eigenvalue weighted by Crippen LogP contribution is -2.31. The number of nitriles is 1. The third-order valence-electron chi connectivity index (χ3n) is 4.58. The van der Waals surface area contributed by atoms with Gasteiger partial charge in [-0.15, -0.1) is 0 Å². The molecule has 24 heavy (non-hydrogen) atoms. The number of hydrogen-bond acceptors (Lipinski definition) is 3. The lowest BCUT2D eigenvalue weighted by molar-refractivity contribution is 0.139. The van der Waals surface area contributed by atoms with Gasteiger partial charge in [-0.05, 0) is 48.9 Å². The van der Waals surface area contributed by atoms with Crippen LogP contribution in [0.3, 0.4) is 0 Å². The maximum absolute atomic E-state index is 12.0. The zero-order valence-corrected chi connectivity index (χ0v) is 14.0. The monoisotopic (exact) mass is 325 g/mol. The van der Waals surface area contributed by atoms with Crippen molar-refractivity contribution in [2.24, 2.45) is 0 Å². The molecule has 1 amide bonds. The molecule has 1 heterocycles. The molecule has 0 saturated heterocycles. The highest BCUT2D eigenvalue weighted by atomic mass is 16.5. The van der Waals surface area contributed by atoms with Gasteiger partial charge in [0.05, 0.1) is 25.1 Å². The van der Waals surface area contributed by atoms with Crippen LogP contribution in [-0.2, 0) is 17.6 Å². The number of nitrogens with zero attached hydrogens (tertiary/aromatic N) is 1. The summed E-state index contributed by atoms with van der Waals surface area (Å²) in [6.45, 7) is 2.53. The second-order valence-corrected chi connectivity index (χ2v) is 6.31. The van der Waals surface area contributed by atoms with E-state index in [0.29, 0.717) is 13.0 Å². The number of aromatic nitrogens is 1. The standard InChI is InChI=1S/C19H23N3O2/c1-2-3-11-24-19(23)22-17-6-4-5-14-15-12-13(9-10-20)7-8-16(15)21-18(14)17/h7-8,12,17,21H,2-6,9,11H2,1H3,(H,22,23). The predicted octanol–water partition coefficient (Wildman–Crippen LogP) is 4.14. The molecule has 1 unspecified atom stereocenters. The van der Waals surface area contributed by atoms with E-state index in [9.17, 15) is 4.79 Å². The van der Waals surface area contributed by atoms with Gasteiger partial charge < -0.3 is 15.0 Å². The van der Waals surface area contributed by atoms with E-state index >= 15 is 0 Å². The van der Waals surface area contributed by atoms with Gasteiger partial charge in [0.25, 0.3) is 0 Å². The Balaban J connectivity index is 1.81. The van der Waals surface area contributed by atoms with Gasteiger partial charge in [-0.25, -0.2) is 4.79 Å². The molecule has 0 aliphatic heterocycles. The Morgan fingerprint density at radius 2 is 2.38 bits per heavy atom. The fraction of sp³-hybridized carbons (Fsp3) is 0.474. The number of fused-ring (bicyclic) bond motifs is 3. The van der Waals surface area contributed by atoms with E-state index in [1.807, 2.05) is 12.1 Å². The first-order valence-electron chi connectivity index (χ1n) is 8.66. The largest absolute Gasteiger partial charge is 0.450 e. The van der Waals surface area contributed by atoms with Crippen LogP contribution in [0.15, 0.2) is 18.2 Å². The molecule has 0 radical (unpaired) electrons. The zero-order chi connectivity index (χ0) is 16.9. The van der Waals surface area contributed by atoms with Gasteiger partial charge in [0, 0.05) is 16.6 Å². The van der Waals surface area contributed by atoms with Gasteiger partial charge in [0.1, 0.15) is 0 Å². The molecule has 5 heteroatoms. The van der Waals surface area contributed by atoms with Crippen molar-refractivity contribution in [3.63, 3.8) is 0 Å². The van der Waals surface area contributed by atoms with Crippen LogP contribution in [0.2, 0.25) is 0 Å². The number of ether oxygens (including phenoxy) is 1. The van der Waals surface area contributed by atoms with Crippen molar-refractivity contribution in [3.8, 4) is 6.07 Å². The molecule has 3 rings (SSSR count). The quantitative estimate of drug-likeness (QED) is 0.811. The van der Waals surface area contributed by atoms with E-state index < -0.39 is 0 Å². The second kappa shape index (κ2) is 7.39. The maximum atomic E-state index is 12.0. The molecule has 1 atom stereocenters. The number of unbranched alkanes of at least 4 members (excludes halogenated alkanes) is 1. The van der Waals surface area contributed by atoms with Crippen molar-refractivity contribution >= 4 is 17.0 Å². The van der Waals surface area contributed by atoms with Gasteiger partial charge >= 0.3 is 6.09 Å². The Morgan fingerprint density at radius 3 is 3.17 bits per heavy atom. The third kappa shape index (κ3) is 3.38. The summed E-state index contributed by atoms with van der Waals surface area (Å²) in [5.74, 6) is 0. The summed E-state index contributed by atoms with van der Waals surface area (Å²) in [6, 6.07) is 8.26. The van der Waals surface area contributed by atoms with Crippen LogP contribution < -0.4 is 5.32 Å². The van der Waals surface area contributed by atoms with Crippen molar-refractivity contribution in [2.75, 3.05) is 6.61 Å². The number of aromatic amines is 1. The van der Waals surface area contributed by atoms with Crippen molar-refractivity contribution in [2.45, 2.75) is 51.5 Å². The average molecular weight is 325 g/mol. The molecule has 1 aromatic carbocycles. The van der Waals surface area contributed by atoms with Gasteiger partial charge in [0.2, 0.25) is 0 Å². The first-order valence-corrected chi connectivity index (χ1v) is 8.66. The molecule has 0 spiro atoms. The van der Waals surface area contributed by atoms with Crippen molar-refractivity contribution in [1.29, 1.82) is 5.26 Å². The summed E-state index contributed by atoms with van der Waals surface area (Å²) in [7, 11) is 0. The van der Waals surface area contributed by atoms with Crippen LogP contribution in [0.4, 0.5) is 4.79 Å². The lowest BCUT2D eigenvalue weighted by atomic mass is 9.91. The van der Waals surface area contributed by atoms with E-state index in [-0.39, 0.29) is 12.1 Å². The smallest absolute Gasteiger partial charge is 0.407 e. The number of hydrogen-bond donors (Lipinski definition) is 2. The van der Waals surface area contributed by atoms with Gasteiger partial charge in [-0.2, -0.15) is 5.26 Å². The Labute approximate surface area is 142 Å². The number of H-pyrrole nitrogens is 1. The number of amides is 1. The number of nitrogens with one attached hydrogen (secondary N) is 2. The van der Waals surface area contributed by atoms with Crippen molar-refractivity contribution in [3.05, 3.63) is 35.0 Å². The van der Waals surface area contributed by atoms with Crippen LogP contribution in [0, 0.1) is 11.3 Å². The molecule has 126 valence electrons. The van der Waals surface area contributed by atoms with E-state index in [4.69, 9.17) is 10.00 Å². The number of alkyl carbamates (subject to hydrolysis) is 1. The zero-order valence-electron chi connectivity index (χ0n) is 14.0. The third-order valence-corrected chi connectivity index (χ3v) is 4.58. The topological polar surface area (TPSA) is 77.9 Å². The molecule has 1 aliphatic rings. The molecule has 0 bridgehead atoms. The molecule has 0 saturated carbocycles. The van der Waals surface area contributed by atoms with E-state index in [0.717, 1.165) is 48.9 Å². The lowest BCUT2D eigenvalue weighted by Gasteiger charge is -2.23.